The second-order valence-electron chi connectivity index (χ2n) is 9.08. The highest BCUT2D eigenvalue weighted by Crippen LogP contribution is 2.32. The first kappa shape index (κ1) is 23.8. The molecule has 36 heavy (non-hydrogen) atoms. The molecule has 1 saturated heterocycles. The van der Waals surface area contributed by atoms with E-state index in [1.807, 2.05) is 24.3 Å². The molecule has 3 aromatic rings. The Labute approximate surface area is 210 Å². The van der Waals surface area contributed by atoms with Crippen molar-refractivity contribution in [3.05, 3.63) is 54.0 Å². The fourth-order valence-corrected chi connectivity index (χ4v) is 4.45. The number of ether oxygens (including phenoxy) is 2. The first-order valence-electron chi connectivity index (χ1n) is 11.8. The third-order valence-electron chi connectivity index (χ3n) is 6.53. The Hall–Kier alpha value is -3.96. The van der Waals surface area contributed by atoms with E-state index < -0.39 is 5.79 Å². The third-order valence-corrected chi connectivity index (χ3v) is 6.53. The van der Waals surface area contributed by atoms with Crippen LogP contribution in [0, 0.1) is 0 Å². The Bertz CT molecular complexity index is 1270. The van der Waals surface area contributed by atoms with Crippen LogP contribution >= 0.6 is 0 Å². The topological polar surface area (TPSA) is 140 Å². The van der Waals surface area contributed by atoms with Gasteiger partial charge in [-0.05, 0) is 19.2 Å². The van der Waals surface area contributed by atoms with E-state index in [0.29, 0.717) is 35.0 Å². The molecule has 1 unspecified atom stereocenters. The quantitative estimate of drug-likeness (QED) is 0.464. The number of likely N-dealkylation sites (N-methyl/N-ethyl adjacent to an activating group) is 1. The maximum Gasteiger partial charge on any atom is 0.225 e. The van der Waals surface area contributed by atoms with Gasteiger partial charge in [-0.3, -0.25) is 10.7 Å². The number of hydrogen-bond acceptors (Lipinski definition) is 11. The van der Waals surface area contributed by atoms with Crippen LogP contribution < -0.4 is 31.2 Å². The van der Waals surface area contributed by atoms with Gasteiger partial charge < -0.3 is 30.3 Å². The van der Waals surface area contributed by atoms with Crippen molar-refractivity contribution in [2.75, 3.05) is 57.7 Å². The van der Waals surface area contributed by atoms with Crippen molar-refractivity contribution >= 4 is 17.5 Å². The predicted octanol–water partition coefficient (Wildman–Crippen LogP) is 1.29. The van der Waals surface area contributed by atoms with Gasteiger partial charge in [-0.2, -0.15) is 0 Å². The fraction of sp³-hybridized carbons (Fsp3) is 0.360. The zero-order chi connectivity index (χ0) is 25.3. The summed E-state index contributed by atoms with van der Waals surface area (Å²) in [5.74, 6) is 1.24. The number of nitrogens with zero attached hydrogens (tertiary/aromatic N) is 6. The largest absolute Gasteiger partial charge is 0.497 e. The number of aromatic nitrogens is 3. The van der Waals surface area contributed by atoms with E-state index in [-0.39, 0.29) is 0 Å². The summed E-state index contributed by atoms with van der Waals surface area (Å²) in [4.78, 5) is 22.8. The summed E-state index contributed by atoms with van der Waals surface area (Å²) in [5, 5.41) is 3.34. The summed E-state index contributed by atoms with van der Waals surface area (Å²) in [6.45, 7) is 3.81. The lowest BCUT2D eigenvalue weighted by atomic mass is 10.0. The van der Waals surface area contributed by atoms with Crippen LogP contribution in [0.3, 0.4) is 0 Å². The van der Waals surface area contributed by atoms with Gasteiger partial charge in [0, 0.05) is 68.4 Å². The van der Waals surface area contributed by atoms with E-state index in [4.69, 9.17) is 20.9 Å². The number of nitrogens with one attached hydrogen (secondary N) is 1. The molecule has 0 spiro atoms. The van der Waals surface area contributed by atoms with Gasteiger partial charge in [0.25, 0.3) is 0 Å². The van der Waals surface area contributed by atoms with Gasteiger partial charge >= 0.3 is 0 Å². The highest BCUT2D eigenvalue weighted by Gasteiger charge is 2.32. The van der Waals surface area contributed by atoms with Crippen molar-refractivity contribution in [1.82, 2.24) is 19.9 Å². The molecule has 0 radical (unpaired) electrons. The Balaban J connectivity index is 1.38. The van der Waals surface area contributed by atoms with Gasteiger partial charge in [-0.15, -0.1) is 0 Å². The maximum atomic E-state index is 6.67. The van der Waals surface area contributed by atoms with E-state index >= 15 is 0 Å². The van der Waals surface area contributed by atoms with Crippen molar-refractivity contribution in [2.45, 2.75) is 12.2 Å². The van der Waals surface area contributed by atoms with Crippen LogP contribution in [0.15, 0.2) is 47.8 Å². The standard InChI is InChI=1S/C25H31N9O2/c1-33-6-8-34(9-7-33)24-29-13-17(14-30-24)20-11-21-19(15-28-20)23(26)32-25(27,31-21)12-16-4-5-18(35-2)10-22(16)36-3/h4-5,10-11,13-15,31H,6-9,12,27H2,1-3H3,(H2,26,32). The predicted molar refractivity (Wildman–Crippen MR) is 139 cm³/mol. The average molecular weight is 490 g/mol. The lowest BCUT2D eigenvalue weighted by molar-refractivity contribution is 0.311. The molecule has 2 aromatic heterocycles. The number of aliphatic imine (C=N–C) groups is 1. The lowest BCUT2D eigenvalue weighted by Crippen LogP contribution is -2.52. The number of rotatable bonds is 6. The Morgan fingerprint density at radius 1 is 1.00 bits per heavy atom. The van der Waals surface area contributed by atoms with Gasteiger partial charge in [0.05, 0.1) is 31.2 Å². The molecule has 0 bridgehead atoms. The SMILES string of the molecule is COc1ccc(CC2(N)N=C(N)c3cnc(-c4cnc(N5CCN(C)CC5)nc4)cc3N2)c(OC)c1. The van der Waals surface area contributed by atoms with Crippen LogP contribution in [0.1, 0.15) is 11.1 Å². The van der Waals surface area contributed by atoms with Crippen LogP contribution in [-0.4, -0.2) is 78.9 Å². The molecule has 11 heteroatoms. The average Bonchev–Trinajstić information content (AvgIpc) is 2.89. The van der Waals surface area contributed by atoms with Gasteiger partial charge in [0.15, 0.2) is 5.79 Å². The minimum atomic E-state index is -1.17. The summed E-state index contributed by atoms with van der Waals surface area (Å²) in [6.07, 6.45) is 5.64. The van der Waals surface area contributed by atoms with Gasteiger partial charge in [0.2, 0.25) is 5.95 Å². The number of piperazine rings is 1. The molecule has 0 amide bonds. The number of nitrogens with two attached hydrogens (primary N) is 2. The van der Waals surface area contributed by atoms with Gasteiger partial charge in [-0.25, -0.2) is 15.0 Å². The first-order valence-corrected chi connectivity index (χ1v) is 11.8. The monoisotopic (exact) mass is 489 g/mol. The highest BCUT2D eigenvalue weighted by atomic mass is 16.5. The molecular weight excluding hydrogens is 458 g/mol. The van der Waals surface area contributed by atoms with Crippen molar-refractivity contribution in [1.29, 1.82) is 0 Å². The van der Waals surface area contributed by atoms with Crippen LogP contribution in [0.25, 0.3) is 11.3 Å². The fourth-order valence-electron chi connectivity index (χ4n) is 4.45. The van der Waals surface area contributed by atoms with Gasteiger partial charge in [-0.1, -0.05) is 6.07 Å². The molecule has 2 aliphatic heterocycles. The van der Waals surface area contributed by atoms with E-state index in [0.717, 1.165) is 48.9 Å². The van der Waals surface area contributed by atoms with Crippen molar-refractivity contribution in [2.24, 2.45) is 16.5 Å². The summed E-state index contributed by atoms with van der Waals surface area (Å²) in [7, 11) is 5.34. The van der Waals surface area contributed by atoms with Crippen LogP contribution in [0.5, 0.6) is 11.5 Å². The molecule has 5 N–H and O–H groups in total. The summed E-state index contributed by atoms with van der Waals surface area (Å²) < 4.78 is 10.8. The Morgan fingerprint density at radius 3 is 2.44 bits per heavy atom. The first-order chi connectivity index (χ1) is 17.4. The lowest BCUT2D eigenvalue weighted by Gasteiger charge is -2.33. The normalized spacial score (nSPS) is 19.8. The zero-order valence-corrected chi connectivity index (χ0v) is 20.7. The van der Waals surface area contributed by atoms with Crippen molar-refractivity contribution in [3.63, 3.8) is 0 Å². The molecule has 1 aromatic carbocycles. The van der Waals surface area contributed by atoms with E-state index in [2.05, 4.69) is 42.1 Å². The number of hydrogen-bond donors (Lipinski definition) is 3. The van der Waals surface area contributed by atoms with E-state index in [9.17, 15) is 0 Å². The molecular formula is C25H31N9O2. The molecule has 5 rings (SSSR count). The molecule has 0 saturated carbocycles. The van der Waals surface area contributed by atoms with E-state index in [1.165, 1.54) is 0 Å². The second kappa shape index (κ2) is 9.59. The molecule has 1 atom stereocenters. The summed E-state index contributed by atoms with van der Waals surface area (Å²) >= 11 is 0. The van der Waals surface area contributed by atoms with Crippen LogP contribution in [0.4, 0.5) is 11.6 Å². The summed E-state index contributed by atoms with van der Waals surface area (Å²) in [6, 6.07) is 7.49. The number of methoxy groups -OCH3 is 2. The number of fused-ring (bicyclic) bond motifs is 1. The number of pyridine rings is 1. The Kier molecular flexibility index (Phi) is 6.33. The van der Waals surface area contributed by atoms with Crippen molar-refractivity contribution in [3.8, 4) is 22.8 Å². The highest BCUT2D eigenvalue weighted by molar-refractivity contribution is 6.04. The van der Waals surface area contributed by atoms with Crippen molar-refractivity contribution < 1.29 is 9.47 Å². The van der Waals surface area contributed by atoms with Crippen LogP contribution in [-0.2, 0) is 6.42 Å². The molecule has 4 heterocycles. The minimum Gasteiger partial charge on any atom is -0.497 e. The number of benzene rings is 1. The molecule has 188 valence electrons. The maximum absolute atomic E-state index is 6.67. The molecule has 1 fully saturated rings. The molecule has 11 nitrogen and oxygen atoms in total. The molecule has 0 aliphatic carbocycles. The van der Waals surface area contributed by atoms with Gasteiger partial charge in [0.1, 0.15) is 17.3 Å². The Morgan fingerprint density at radius 2 is 1.75 bits per heavy atom. The summed E-state index contributed by atoms with van der Waals surface area (Å²) in [5.41, 5.74) is 16.8. The van der Waals surface area contributed by atoms with Crippen LogP contribution in [0.2, 0.25) is 0 Å². The van der Waals surface area contributed by atoms with E-state index in [1.54, 1.807) is 32.8 Å². The minimum absolute atomic E-state index is 0.319. The second-order valence-corrected chi connectivity index (χ2v) is 9.08. The smallest absolute Gasteiger partial charge is 0.225 e. The number of amidine groups is 1. The third kappa shape index (κ3) is 4.75. The number of anilines is 2. The zero-order valence-electron chi connectivity index (χ0n) is 20.7. The molecule has 2 aliphatic rings.